The zero-order chi connectivity index (χ0) is 14.0. The topological polar surface area (TPSA) is 33.1 Å². The molecule has 0 aromatic carbocycles. The van der Waals surface area contributed by atoms with Crippen LogP contribution >= 0.6 is 0 Å². The molecule has 1 aromatic rings. The summed E-state index contributed by atoms with van der Waals surface area (Å²) in [5, 5.41) is 7.97. The minimum atomic E-state index is 0.201. The van der Waals surface area contributed by atoms with E-state index in [1.54, 1.807) is 0 Å². The Morgan fingerprint density at radius 3 is 2.84 bits per heavy atom. The lowest BCUT2D eigenvalue weighted by atomic mass is 9.90. The number of piperazine rings is 1. The van der Waals surface area contributed by atoms with E-state index in [1.165, 1.54) is 12.0 Å². The van der Waals surface area contributed by atoms with Crippen LogP contribution in [0.3, 0.4) is 0 Å². The van der Waals surface area contributed by atoms with Crippen molar-refractivity contribution in [2.24, 2.45) is 13.0 Å². The fraction of sp³-hybridized carbons (Fsp3) is 0.800. The number of hydrogen-bond donors (Lipinski definition) is 1. The van der Waals surface area contributed by atoms with Crippen LogP contribution in [0.1, 0.15) is 39.7 Å². The summed E-state index contributed by atoms with van der Waals surface area (Å²) in [7, 11) is 1.98. The fourth-order valence-electron chi connectivity index (χ4n) is 2.99. The molecule has 1 saturated heterocycles. The third-order valence-corrected chi connectivity index (χ3v) is 4.30. The second kappa shape index (κ2) is 5.63. The van der Waals surface area contributed by atoms with E-state index < -0.39 is 0 Å². The molecule has 4 heteroatoms. The van der Waals surface area contributed by atoms with Crippen molar-refractivity contribution < 1.29 is 0 Å². The molecule has 1 aliphatic rings. The third-order valence-electron chi connectivity index (χ3n) is 4.30. The summed E-state index contributed by atoms with van der Waals surface area (Å²) in [6.07, 6.45) is 5.35. The maximum atomic E-state index is 4.28. The molecule has 2 heterocycles. The van der Waals surface area contributed by atoms with Gasteiger partial charge in [-0.3, -0.25) is 9.58 Å². The van der Waals surface area contributed by atoms with Gasteiger partial charge in [0.15, 0.2) is 0 Å². The van der Waals surface area contributed by atoms with E-state index in [0.29, 0.717) is 6.04 Å². The van der Waals surface area contributed by atoms with Gasteiger partial charge in [-0.15, -0.1) is 0 Å². The summed E-state index contributed by atoms with van der Waals surface area (Å²) >= 11 is 0. The first-order valence-corrected chi connectivity index (χ1v) is 7.38. The maximum absolute atomic E-state index is 4.28. The van der Waals surface area contributed by atoms with Crippen molar-refractivity contribution in [2.75, 3.05) is 13.1 Å². The van der Waals surface area contributed by atoms with Crippen LogP contribution in [0.4, 0.5) is 0 Å². The summed E-state index contributed by atoms with van der Waals surface area (Å²) < 4.78 is 1.89. The van der Waals surface area contributed by atoms with Gasteiger partial charge in [-0.25, -0.2) is 0 Å². The molecule has 19 heavy (non-hydrogen) atoms. The highest BCUT2D eigenvalue weighted by atomic mass is 15.3. The molecule has 0 bridgehead atoms. The Morgan fingerprint density at radius 2 is 2.26 bits per heavy atom. The Kier molecular flexibility index (Phi) is 4.31. The highest BCUT2D eigenvalue weighted by Crippen LogP contribution is 2.23. The van der Waals surface area contributed by atoms with Gasteiger partial charge in [0.05, 0.1) is 6.20 Å². The number of aryl methyl sites for hydroxylation is 1. The Balaban J connectivity index is 2.11. The molecule has 0 amide bonds. The highest BCUT2D eigenvalue weighted by Gasteiger charge is 2.34. The van der Waals surface area contributed by atoms with Gasteiger partial charge in [0, 0.05) is 50.0 Å². The Morgan fingerprint density at radius 1 is 1.53 bits per heavy atom. The standard InChI is InChI=1S/C15H28N4/c1-6-12(2)14-8-16-15(3,4)11-19(14)10-13-7-17-18(5)9-13/h7,9,12,14,16H,6,8,10-11H2,1-5H3. The summed E-state index contributed by atoms with van der Waals surface area (Å²) in [5.74, 6) is 0.722. The quantitative estimate of drug-likeness (QED) is 0.903. The van der Waals surface area contributed by atoms with Crippen LogP contribution in [0, 0.1) is 5.92 Å². The SMILES string of the molecule is CCC(C)C1CNC(C)(C)CN1Cc1cnn(C)c1. The van der Waals surface area contributed by atoms with Gasteiger partial charge in [-0.1, -0.05) is 20.3 Å². The predicted octanol–water partition coefficient (Wildman–Crippen LogP) is 2.02. The number of aromatic nitrogens is 2. The number of hydrogen-bond acceptors (Lipinski definition) is 3. The average molecular weight is 264 g/mol. The smallest absolute Gasteiger partial charge is 0.0534 e. The molecule has 0 radical (unpaired) electrons. The molecule has 0 aliphatic carbocycles. The fourth-order valence-corrected chi connectivity index (χ4v) is 2.99. The summed E-state index contributed by atoms with van der Waals surface area (Å²) in [5.41, 5.74) is 1.51. The normalized spacial score (nSPS) is 25.4. The summed E-state index contributed by atoms with van der Waals surface area (Å²) in [4.78, 5) is 2.63. The summed E-state index contributed by atoms with van der Waals surface area (Å²) in [6, 6.07) is 0.623. The predicted molar refractivity (Wildman–Crippen MR) is 78.9 cm³/mol. The first-order valence-electron chi connectivity index (χ1n) is 7.38. The van der Waals surface area contributed by atoms with Gasteiger partial charge in [-0.2, -0.15) is 5.10 Å². The van der Waals surface area contributed by atoms with E-state index in [4.69, 9.17) is 0 Å². The molecule has 2 unspecified atom stereocenters. The first kappa shape index (κ1) is 14.5. The molecule has 1 N–H and O–H groups in total. The van der Waals surface area contributed by atoms with Crippen molar-refractivity contribution in [1.29, 1.82) is 0 Å². The number of nitrogens with zero attached hydrogens (tertiary/aromatic N) is 3. The van der Waals surface area contributed by atoms with E-state index in [2.05, 4.69) is 49.2 Å². The van der Waals surface area contributed by atoms with Gasteiger partial charge < -0.3 is 5.32 Å². The molecular weight excluding hydrogens is 236 g/mol. The van der Waals surface area contributed by atoms with E-state index >= 15 is 0 Å². The third kappa shape index (κ3) is 3.57. The first-order chi connectivity index (χ1) is 8.91. The molecule has 2 rings (SSSR count). The lowest BCUT2D eigenvalue weighted by molar-refractivity contribution is 0.0571. The van der Waals surface area contributed by atoms with Crippen LogP contribution in [0.15, 0.2) is 12.4 Å². The van der Waals surface area contributed by atoms with Crippen LogP contribution in [0.5, 0.6) is 0 Å². The lowest BCUT2D eigenvalue weighted by Crippen LogP contribution is -2.62. The molecule has 0 spiro atoms. The Bertz CT molecular complexity index is 410. The van der Waals surface area contributed by atoms with E-state index in [-0.39, 0.29) is 5.54 Å². The molecular formula is C15H28N4. The van der Waals surface area contributed by atoms with Crippen LogP contribution < -0.4 is 5.32 Å². The molecule has 1 aliphatic heterocycles. The van der Waals surface area contributed by atoms with Crippen molar-refractivity contribution in [3.05, 3.63) is 18.0 Å². The monoisotopic (exact) mass is 264 g/mol. The number of rotatable bonds is 4. The zero-order valence-electron chi connectivity index (χ0n) is 13.0. The molecule has 108 valence electrons. The second-order valence-corrected chi connectivity index (χ2v) is 6.64. The second-order valence-electron chi connectivity index (χ2n) is 6.64. The maximum Gasteiger partial charge on any atom is 0.0534 e. The van der Waals surface area contributed by atoms with Crippen molar-refractivity contribution in [2.45, 2.75) is 52.2 Å². The van der Waals surface area contributed by atoms with Crippen molar-refractivity contribution in [3.8, 4) is 0 Å². The van der Waals surface area contributed by atoms with Crippen LogP contribution in [0.2, 0.25) is 0 Å². The van der Waals surface area contributed by atoms with Crippen molar-refractivity contribution in [1.82, 2.24) is 20.0 Å². The largest absolute Gasteiger partial charge is 0.309 e. The Labute approximate surface area is 117 Å². The van der Waals surface area contributed by atoms with E-state index in [0.717, 1.165) is 25.6 Å². The van der Waals surface area contributed by atoms with Crippen LogP contribution in [-0.4, -0.2) is 39.4 Å². The molecule has 4 nitrogen and oxygen atoms in total. The van der Waals surface area contributed by atoms with E-state index in [1.807, 2.05) is 17.9 Å². The Hall–Kier alpha value is -0.870. The average Bonchev–Trinajstić information content (AvgIpc) is 2.73. The van der Waals surface area contributed by atoms with Gasteiger partial charge in [0.25, 0.3) is 0 Å². The van der Waals surface area contributed by atoms with Gasteiger partial charge in [-0.05, 0) is 19.8 Å². The van der Waals surface area contributed by atoms with Crippen LogP contribution in [0.25, 0.3) is 0 Å². The van der Waals surface area contributed by atoms with Gasteiger partial charge in [0.1, 0.15) is 0 Å². The van der Waals surface area contributed by atoms with Gasteiger partial charge >= 0.3 is 0 Å². The zero-order valence-corrected chi connectivity index (χ0v) is 13.0. The minimum absolute atomic E-state index is 0.201. The summed E-state index contributed by atoms with van der Waals surface area (Å²) in [6.45, 7) is 12.4. The molecule has 1 aromatic heterocycles. The molecule has 2 atom stereocenters. The number of nitrogens with one attached hydrogen (secondary N) is 1. The van der Waals surface area contributed by atoms with Crippen LogP contribution in [-0.2, 0) is 13.6 Å². The molecule has 1 fully saturated rings. The van der Waals surface area contributed by atoms with Gasteiger partial charge in [0.2, 0.25) is 0 Å². The van der Waals surface area contributed by atoms with E-state index in [9.17, 15) is 0 Å². The lowest BCUT2D eigenvalue weighted by Gasteiger charge is -2.46. The minimum Gasteiger partial charge on any atom is -0.309 e. The highest BCUT2D eigenvalue weighted by molar-refractivity contribution is 5.06. The molecule has 0 saturated carbocycles. The van der Waals surface area contributed by atoms with Crippen molar-refractivity contribution in [3.63, 3.8) is 0 Å². The van der Waals surface area contributed by atoms with Crippen molar-refractivity contribution >= 4 is 0 Å².